The molecule has 0 saturated heterocycles. The molecule has 2 rings (SSSR count). The lowest BCUT2D eigenvalue weighted by Gasteiger charge is -2.18. The zero-order valence-corrected chi connectivity index (χ0v) is 15.7. The van der Waals surface area contributed by atoms with Gasteiger partial charge in [0.05, 0.1) is 6.21 Å². The summed E-state index contributed by atoms with van der Waals surface area (Å²) < 4.78 is 20.4. The minimum Gasteiger partial charge on any atom is -0.482 e. The number of nitrogens with two attached hydrogens (primary N) is 1. The molecule has 1 heterocycles. The molecule has 1 aromatic carbocycles. The van der Waals surface area contributed by atoms with Crippen LogP contribution in [0.2, 0.25) is 0 Å². The first-order valence-electron chi connectivity index (χ1n) is 7.75. The zero-order chi connectivity index (χ0) is 18.4. The van der Waals surface area contributed by atoms with Gasteiger partial charge in [-0.3, -0.25) is 5.01 Å². The van der Waals surface area contributed by atoms with Crippen LogP contribution in [0.1, 0.15) is 31.1 Å². The van der Waals surface area contributed by atoms with Crippen molar-refractivity contribution in [2.24, 2.45) is 5.10 Å². The third kappa shape index (κ3) is 5.03. The van der Waals surface area contributed by atoms with E-state index in [-0.39, 0.29) is 11.6 Å². The first-order chi connectivity index (χ1) is 11.9. The molecule has 1 atom stereocenters. The van der Waals surface area contributed by atoms with E-state index in [4.69, 9.17) is 10.5 Å². The molecule has 0 aliphatic rings. The van der Waals surface area contributed by atoms with Crippen molar-refractivity contribution in [3.8, 4) is 5.75 Å². The summed E-state index contributed by atoms with van der Waals surface area (Å²) in [5, 5.41) is 5.99. The van der Waals surface area contributed by atoms with E-state index >= 15 is 0 Å². The third-order valence-electron chi connectivity index (χ3n) is 3.52. The number of hydrogen-bond acceptors (Lipinski definition) is 5. The van der Waals surface area contributed by atoms with E-state index in [9.17, 15) is 4.39 Å². The van der Waals surface area contributed by atoms with Crippen LogP contribution in [0.5, 0.6) is 5.75 Å². The molecule has 5 nitrogen and oxygen atoms in total. The molecule has 2 N–H and O–H groups in total. The van der Waals surface area contributed by atoms with Gasteiger partial charge in [0.1, 0.15) is 11.9 Å². The van der Waals surface area contributed by atoms with Crippen LogP contribution >= 0.6 is 15.9 Å². The summed E-state index contributed by atoms with van der Waals surface area (Å²) in [5.74, 6) is 0.347. The molecule has 0 bridgehead atoms. The van der Waals surface area contributed by atoms with Crippen molar-refractivity contribution in [2.75, 3.05) is 12.3 Å². The van der Waals surface area contributed by atoms with Crippen molar-refractivity contribution in [3.63, 3.8) is 0 Å². The average Bonchev–Trinajstić information content (AvgIpc) is 2.60. The number of benzene rings is 1. The number of rotatable bonds is 7. The number of hydrogen-bond donors (Lipinski definition) is 1. The predicted octanol–water partition coefficient (Wildman–Crippen LogP) is 4.50. The lowest BCUT2D eigenvalue weighted by atomic mass is 10.0. The van der Waals surface area contributed by atoms with Crippen molar-refractivity contribution in [1.82, 2.24) is 9.99 Å². The quantitative estimate of drug-likeness (QED) is 0.542. The van der Waals surface area contributed by atoms with Gasteiger partial charge in [0.2, 0.25) is 0 Å². The molecule has 132 valence electrons. The van der Waals surface area contributed by atoms with Gasteiger partial charge in [0.15, 0.2) is 11.6 Å². The lowest BCUT2D eigenvalue weighted by Crippen LogP contribution is -2.11. The number of ether oxygens (including phenoxy) is 1. The van der Waals surface area contributed by atoms with Crippen LogP contribution in [0.15, 0.2) is 52.8 Å². The fraction of sp³-hybridized carbons (Fsp3) is 0.222. The van der Waals surface area contributed by atoms with Gasteiger partial charge in [-0.15, -0.1) is 0 Å². The maximum Gasteiger partial charge on any atom is 0.166 e. The normalized spacial score (nSPS) is 12.2. The van der Waals surface area contributed by atoms with Gasteiger partial charge in [-0.2, -0.15) is 5.10 Å². The smallest absolute Gasteiger partial charge is 0.166 e. The summed E-state index contributed by atoms with van der Waals surface area (Å²) in [7, 11) is 0. The van der Waals surface area contributed by atoms with Gasteiger partial charge in [0, 0.05) is 34.5 Å². The minimum atomic E-state index is -0.450. The highest BCUT2D eigenvalue weighted by atomic mass is 79.9. The van der Waals surface area contributed by atoms with Gasteiger partial charge in [0.25, 0.3) is 0 Å². The Hall–Kier alpha value is -2.41. The number of nitrogen functional groups attached to an aromatic ring is 1. The number of pyridine rings is 1. The fourth-order valence-corrected chi connectivity index (χ4v) is 2.50. The Morgan fingerprint density at radius 1 is 1.48 bits per heavy atom. The number of hydrazone groups is 1. The second-order valence-electron chi connectivity index (χ2n) is 5.25. The van der Waals surface area contributed by atoms with E-state index in [1.807, 2.05) is 13.8 Å². The molecule has 7 heteroatoms. The van der Waals surface area contributed by atoms with Crippen molar-refractivity contribution < 1.29 is 9.13 Å². The molecule has 0 radical (unpaired) electrons. The van der Waals surface area contributed by atoms with Crippen LogP contribution in [0, 0.1) is 5.82 Å². The van der Waals surface area contributed by atoms with Gasteiger partial charge in [-0.1, -0.05) is 12.6 Å². The molecular formula is C18H20BrFN4O. The fourth-order valence-electron chi connectivity index (χ4n) is 2.19. The second-order valence-corrected chi connectivity index (χ2v) is 6.17. The Bertz CT molecular complexity index is 782. The van der Waals surface area contributed by atoms with Crippen LogP contribution < -0.4 is 10.5 Å². The van der Waals surface area contributed by atoms with Crippen LogP contribution in [0.3, 0.4) is 0 Å². The summed E-state index contributed by atoms with van der Waals surface area (Å²) >= 11 is 3.33. The van der Waals surface area contributed by atoms with Crippen LogP contribution in [-0.2, 0) is 0 Å². The summed E-state index contributed by atoms with van der Waals surface area (Å²) in [6.45, 7) is 8.15. The van der Waals surface area contributed by atoms with E-state index in [2.05, 4.69) is 32.6 Å². The number of halogens is 2. The van der Waals surface area contributed by atoms with Crippen molar-refractivity contribution >= 4 is 28.0 Å². The topological polar surface area (TPSA) is 63.7 Å². The van der Waals surface area contributed by atoms with Gasteiger partial charge >= 0.3 is 0 Å². The van der Waals surface area contributed by atoms with Gasteiger partial charge in [-0.25, -0.2) is 9.37 Å². The molecule has 0 amide bonds. The number of nitrogens with zero attached hydrogens (tertiary/aromatic N) is 3. The van der Waals surface area contributed by atoms with E-state index in [0.29, 0.717) is 17.9 Å². The lowest BCUT2D eigenvalue weighted by molar-refractivity contribution is 0.227. The Labute approximate surface area is 155 Å². The molecule has 0 aliphatic carbocycles. The van der Waals surface area contributed by atoms with E-state index < -0.39 is 6.10 Å². The maximum absolute atomic E-state index is 13.7. The Balaban J connectivity index is 2.31. The van der Waals surface area contributed by atoms with Gasteiger partial charge in [-0.05, 0) is 48.0 Å². The molecule has 0 fully saturated rings. The molecule has 0 saturated carbocycles. The largest absolute Gasteiger partial charge is 0.482 e. The Morgan fingerprint density at radius 2 is 2.24 bits per heavy atom. The first-order valence-corrected chi connectivity index (χ1v) is 8.54. The van der Waals surface area contributed by atoms with E-state index in [1.54, 1.807) is 35.8 Å². The van der Waals surface area contributed by atoms with Crippen LogP contribution in [0.4, 0.5) is 10.2 Å². The number of anilines is 1. The molecule has 0 aliphatic heterocycles. The summed E-state index contributed by atoms with van der Waals surface area (Å²) in [4.78, 5) is 4.03. The highest BCUT2D eigenvalue weighted by molar-refractivity contribution is 9.10. The molecule has 0 unspecified atom stereocenters. The Kier molecular flexibility index (Phi) is 6.52. The van der Waals surface area contributed by atoms with Crippen molar-refractivity contribution in [2.45, 2.75) is 20.0 Å². The predicted molar refractivity (Wildman–Crippen MR) is 102 cm³/mol. The first kappa shape index (κ1) is 18.9. The van der Waals surface area contributed by atoms with E-state index in [1.165, 1.54) is 12.1 Å². The van der Waals surface area contributed by atoms with E-state index in [0.717, 1.165) is 10.0 Å². The maximum atomic E-state index is 13.7. The second kappa shape index (κ2) is 8.62. The summed E-state index contributed by atoms with van der Waals surface area (Å²) in [6, 6.07) is 6.20. The monoisotopic (exact) mass is 406 g/mol. The molecule has 2 aromatic rings. The molecular weight excluding hydrogens is 387 g/mol. The summed E-state index contributed by atoms with van der Waals surface area (Å²) in [6.07, 6.45) is 4.41. The van der Waals surface area contributed by atoms with Gasteiger partial charge < -0.3 is 10.5 Å². The van der Waals surface area contributed by atoms with Crippen molar-refractivity contribution in [1.29, 1.82) is 0 Å². The third-order valence-corrected chi connectivity index (χ3v) is 3.95. The van der Waals surface area contributed by atoms with Crippen LogP contribution in [0.25, 0.3) is 0 Å². The molecule has 0 spiro atoms. The standard InChI is InChI=1S/C18H20BrFN4O/c1-4-24(5-2)23-10-13-6-7-15(20)9-16(13)12(3)25-17-8-14(19)11-22-18(17)21/h4,6-12H,1,5H2,2-3H3,(H2,21,22)/b23-10-/t12-/m1/s1. The molecule has 25 heavy (non-hydrogen) atoms. The Morgan fingerprint density at radius 3 is 2.92 bits per heavy atom. The zero-order valence-electron chi connectivity index (χ0n) is 14.1. The highest BCUT2D eigenvalue weighted by Gasteiger charge is 2.15. The van der Waals surface area contributed by atoms with Crippen molar-refractivity contribution in [3.05, 3.63) is 64.7 Å². The highest BCUT2D eigenvalue weighted by Crippen LogP contribution is 2.29. The number of aromatic nitrogens is 1. The average molecular weight is 407 g/mol. The summed E-state index contributed by atoms with van der Waals surface area (Å²) in [5.41, 5.74) is 7.24. The molecule has 1 aromatic heterocycles. The van der Waals surface area contributed by atoms with Crippen LogP contribution in [-0.4, -0.2) is 22.8 Å². The SMILES string of the molecule is C=CN(CC)/N=C\c1ccc(F)cc1[C@@H](C)Oc1cc(Br)cnc1N. The minimum absolute atomic E-state index is 0.269.